The Bertz CT molecular complexity index is 705. The van der Waals surface area contributed by atoms with E-state index in [1.54, 1.807) is 18.2 Å². The number of nitrogens with zero attached hydrogens (tertiary/aromatic N) is 3. The average Bonchev–Trinajstić information content (AvgIpc) is 2.56. The maximum Gasteiger partial charge on any atom is 0.225 e. The molecule has 0 unspecified atom stereocenters. The van der Waals surface area contributed by atoms with Gasteiger partial charge in [0.05, 0.1) is 19.8 Å². The molecule has 1 aromatic carbocycles. The molecule has 1 fully saturated rings. The number of halogens is 1. The number of ether oxygens (including phenoxy) is 1. The maximum absolute atomic E-state index is 14.0. The van der Waals surface area contributed by atoms with Crippen LogP contribution in [-0.2, 0) is 11.2 Å². The Morgan fingerprint density at radius 2 is 1.96 bits per heavy atom. The number of morpholine rings is 1. The zero-order valence-corrected chi connectivity index (χ0v) is 14.0. The van der Waals surface area contributed by atoms with Crippen LogP contribution in [0.2, 0.25) is 0 Å². The minimum Gasteiger partial charge on any atom is -0.393 e. The van der Waals surface area contributed by atoms with Crippen LogP contribution in [0.4, 0.5) is 10.3 Å². The number of aryl methyl sites for hydroxylation is 2. The molecule has 0 saturated carbocycles. The molecular formula is C18H22FN3O2. The van der Waals surface area contributed by atoms with E-state index in [-0.39, 0.29) is 12.4 Å². The molecule has 1 atom stereocenters. The Labute approximate surface area is 141 Å². The second-order valence-corrected chi connectivity index (χ2v) is 6.33. The smallest absolute Gasteiger partial charge is 0.225 e. The van der Waals surface area contributed by atoms with Gasteiger partial charge in [0.1, 0.15) is 11.4 Å². The molecule has 128 valence electrons. The van der Waals surface area contributed by atoms with Crippen molar-refractivity contribution in [1.82, 2.24) is 9.97 Å². The van der Waals surface area contributed by atoms with Gasteiger partial charge < -0.3 is 14.7 Å². The Balaban J connectivity index is 1.85. The first-order valence-corrected chi connectivity index (χ1v) is 8.07. The quantitative estimate of drug-likeness (QED) is 0.929. The number of hydrogen-bond acceptors (Lipinski definition) is 5. The molecule has 1 aliphatic heterocycles. The summed E-state index contributed by atoms with van der Waals surface area (Å²) < 4.78 is 19.9. The fourth-order valence-electron chi connectivity index (χ4n) is 3.11. The molecule has 24 heavy (non-hydrogen) atoms. The second kappa shape index (κ2) is 6.83. The van der Waals surface area contributed by atoms with E-state index in [1.165, 1.54) is 6.07 Å². The van der Waals surface area contributed by atoms with Crippen molar-refractivity contribution in [2.45, 2.75) is 25.9 Å². The van der Waals surface area contributed by atoms with E-state index in [2.05, 4.69) is 9.97 Å². The Morgan fingerprint density at radius 3 is 2.62 bits per heavy atom. The van der Waals surface area contributed by atoms with Crippen molar-refractivity contribution in [2.24, 2.45) is 0 Å². The van der Waals surface area contributed by atoms with Crippen LogP contribution in [-0.4, -0.2) is 47.0 Å². The highest BCUT2D eigenvalue weighted by atomic mass is 19.1. The summed E-state index contributed by atoms with van der Waals surface area (Å²) >= 11 is 0. The molecule has 2 heterocycles. The number of benzene rings is 1. The predicted octanol–water partition coefficient (Wildman–Crippen LogP) is 2.04. The van der Waals surface area contributed by atoms with E-state index in [9.17, 15) is 9.50 Å². The molecule has 1 saturated heterocycles. The van der Waals surface area contributed by atoms with E-state index >= 15 is 0 Å². The van der Waals surface area contributed by atoms with Crippen LogP contribution >= 0.6 is 0 Å². The van der Waals surface area contributed by atoms with Crippen molar-refractivity contribution in [3.8, 4) is 0 Å². The van der Waals surface area contributed by atoms with Crippen molar-refractivity contribution >= 4 is 5.95 Å². The first-order valence-electron chi connectivity index (χ1n) is 8.07. The molecule has 1 N–H and O–H groups in total. The molecule has 5 nitrogen and oxygen atoms in total. The normalized spacial score (nSPS) is 21.1. The van der Waals surface area contributed by atoms with Crippen molar-refractivity contribution < 1.29 is 14.2 Å². The summed E-state index contributed by atoms with van der Waals surface area (Å²) in [5, 5.41) is 9.95. The lowest BCUT2D eigenvalue weighted by Gasteiger charge is -2.42. The third-order valence-corrected chi connectivity index (χ3v) is 4.26. The maximum atomic E-state index is 14.0. The summed E-state index contributed by atoms with van der Waals surface area (Å²) in [6.07, 6.45) is 0.303. The number of aliphatic hydroxyl groups excluding tert-OH is 1. The van der Waals surface area contributed by atoms with E-state index < -0.39 is 5.60 Å². The van der Waals surface area contributed by atoms with Gasteiger partial charge in [-0.1, -0.05) is 18.2 Å². The van der Waals surface area contributed by atoms with E-state index in [0.717, 1.165) is 11.4 Å². The molecule has 0 amide bonds. The second-order valence-electron chi connectivity index (χ2n) is 6.33. The van der Waals surface area contributed by atoms with Gasteiger partial charge in [0.25, 0.3) is 0 Å². The minimum atomic E-state index is -0.860. The lowest BCUT2D eigenvalue weighted by molar-refractivity contribution is -0.0875. The van der Waals surface area contributed by atoms with Gasteiger partial charge >= 0.3 is 0 Å². The number of aliphatic hydroxyl groups is 1. The van der Waals surface area contributed by atoms with E-state index in [0.29, 0.717) is 37.6 Å². The number of anilines is 1. The SMILES string of the molecule is Cc1cc(C)nc(N2CCO[C@@](CO)(Cc3ccccc3F)C2)n1. The first kappa shape index (κ1) is 16.8. The standard InChI is InChI=1S/C18H22FN3O2/c1-13-9-14(2)21-17(20-13)22-7-8-24-18(11-22,12-23)10-15-5-3-4-6-16(15)19/h3-6,9,23H,7-8,10-12H2,1-2H3/t18-/m0/s1. The summed E-state index contributed by atoms with van der Waals surface area (Å²) in [6, 6.07) is 8.51. The van der Waals surface area contributed by atoms with Crippen LogP contribution in [0.5, 0.6) is 0 Å². The Morgan fingerprint density at radius 1 is 1.25 bits per heavy atom. The summed E-state index contributed by atoms with van der Waals surface area (Å²) in [5.41, 5.74) is 1.47. The molecule has 0 spiro atoms. The van der Waals surface area contributed by atoms with Crippen LogP contribution in [0.15, 0.2) is 30.3 Å². The van der Waals surface area contributed by atoms with Gasteiger partial charge in [-0.25, -0.2) is 14.4 Å². The van der Waals surface area contributed by atoms with Gasteiger partial charge in [-0.05, 0) is 31.5 Å². The van der Waals surface area contributed by atoms with Gasteiger partial charge in [-0.2, -0.15) is 0 Å². The van der Waals surface area contributed by atoms with Crippen LogP contribution in [0, 0.1) is 19.7 Å². The van der Waals surface area contributed by atoms with Crippen LogP contribution < -0.4 is 4.90 Å². The Kier molecular flexibility index (Phi) is 4.78. The molecule has 3 rings (SSSR count). The average molecular weight is 331 g/mol. The van der Waals surface area contributed by atoms with Gasteiger partial charge in [-0.3, -0.25) is 0 Å². The molecule has 1 aromatic heterocycles. The van der Waals surface area contributed by atoms with Crippen LogP contribution in [0.3, 0.4) is 0 Å². The zero-order chi connectivity index (χ0) is 17.2. The molecule has 2 aromatic rings. The van der Waals surface area contributed by atoms with Gasteiger partial charge in [0.2, 0.25) is 5.95 Å². The number of hydrogen-bond donors (Lipinski definition) is 1. The fraction of sp³-hybridized carbons (Fsp3) is 0.444. The fourth-order valence-corrected chi connectivity index (χ4v) is 3.11. The van der Waals surface area contributed by atoms with E-state index in [4.69, 9.17) is 4.74 Å². The summed E-state index contributed by atoms with van der Waals surface area (Å²) in [4.78, 5) is 11.0. The van der Waals surface area contributed by atoms with Gasteiger partial charge in [-0.15, -0.1) is 0 Å². The summed E-state index contributed by atoms with van der Waals surface area (Å²) in [5.74, 6) is 0.343. The van der Waals surface area contributed by atoms with Gasteiger partial charge in [0, 0.05) is 24.4 Å². The topological polar surface area (TPSA) is 58.5 Å². The lowest BCUT2D eigenvalue weighted by Crippen LogP contribution is -2.56. The highest BCUT2D eigenvalue weighted by Gasteiger charge is 2.38. The zero-order valence-electron chi connectivity index (χ0n) is 14.0. The molecule has 1 aliphatic rings. The molecule has 0 bridgehead atoms. The Hall–Kier alpha value is -2.05. The summed E-state index contributed by atoms with van der Waals surface area (Å²) in [6.45, 7) is 5.16. The largest absolute Gasteiger partial charge is 0.393 e. The van der Waals surface area contributed by atoms with Gasteiger partial charge in [0.15, 0.2) is 0 Å². The summed E-state index contributed by atoms with van der Waals surface area (Å²) in [7, 11) is 0. The third kappa shape index (κ3) is 3.55. The van der Waals surface area contributed by atoms with Crippen molar-refractivity contribution in [3.63, 3.8) is 0 Å². The van der Waals surface area contributed by atoms with Crippen LogP contribution in [0.1, 0.15) is 17.0 Å². The van der Waals surface area contributed by atoms with Crippen LogP contribution in [0.25, 0.3) is 0 Å². The molecule has 0 aliphatic carbocycles. The third-order valence-electron chi connectivity index (χ3n) is 4.26. The predicted molar refractivity (Wildman–Crippen MR) is 89.6 cm³/mol. The number of aromatic nitrogens is 2. The molecule has 0 radical (unpaired) electrons. The number of rotatable bonds is 4. The lowest BCUT2D eigenvalue weighted by atomic mass is 9.93. The highest BCUT2D eigenvalue weighted by Crippen LogP contribution is 2.26. The minimum absolute atomic E-state index is 0.192. The molecular weight excluding hydrogens is 309 g/mol. The van der Waals surface area contributed by atoms with Crippen molar-refractivity contribution in [1.29, 1.82) is 0 Å². The monoisotopic (exact) mass is 331 g/mol. The van der Waals surface area contributed by atoms with E-state index in [1.807, 2.05) is 24.8 Å². The first-order chi connectivity index (χ1) is 11.5. The van der Waals surface area contributed by atoms with Crippen molar-refractivity contribution in [3.05, 3.63) is 53.1 Å². The van der Waals surface area contributed by atoms with Crippen molar-refractivity contribution in [2.75, 3.05) is 31.2 Å². The molecule has 6 heteroatoms. The highest BCUT2D eigenvalue weighted by molar-refractivity contribution is 5.34.